The van der Waals surface area contributed by atoms with Crippen LogP contribution < -0.4 is 10.3 Å². The third kappa shape index (κ3) is 5.79. The normalized spacial score (nSPS) is 12.6. The molecule has 7 nitrogen and oxygen atoms in total. The predicted molar refractivity (Wildman–Crippen MR) is 116 cm³/mol. The lowest BCUT2D eigenvalue weighted by atomic mass is 9.98. The van der Waals surface area contributed by atoms with Crippen LogP contribution in [0.25, 0.3) is 22.4 Å². The number of alkyl halides is 3. The number of aliphatic hydroxyl groups is 1. The summed E-state index contributed by atoms with van der Waals surface area (Å²) in [4.78, 5) is 12.6. The Morgan fingerprint density at radius 1 is 1.06 bits per heavy atom. The van der Waals surface area contributed by atoms with E-state index in [-0.39, 0.29) is 34.1 Å². The van der Waals surface area contributed by atoms with Crippen LogP contribution in [0.4, 0.5) is 13.2 Å². The van der Waals surface area contributed by atoms with Gasteiger partial charge < -0.3 is 9.84 Å². The summed E-state index contributed by atoms with van der Waals surface area (Å²) >= 11 is 0. The highest BCUT2D eigenvalue weighted by Gasteiger charge is 2.31. The maximum atomic E-state index is 13.3. The van der Waals surface area contributed by atoms with Gasteiger partial charge in [0.2, 0.25) is 0 Å². The number of nitrogens with one attached hydrogen (secondary N) is 1. The van der Waals surface area contributed by atoms with Crippen molar-refractivity contribution in [1.82, 2.24) is 10.2 Å². The Labute approximate surface area is 187 Å². The first kappa shape index (κ1) is 24.5. The Kier molecular flexibility index (Phi) is 6.40. The van der Waals surface area contributed by atoms with Gasteiger partial charge in [0.05, 0.1) is 21.6 Å². The minimum atomic E-state index is -4.60. The van der Waals surface area contributed by atoms with E-state index in [0.29, 0.717) is 5.56 Å². The molecule has 0 spiro atoms. The number of nitrogens with zero attached hydrogens (tertiary/aromatic N) is 1. The van der Waals surface area contributed by atoms with Crippen LogP contribution in [0.3, 0.4) is 0 Å². The number of hydrogen-bond acceptors (Lipinski definition) is 6. The molecule has 0 unspecified atom stereocenters. The topological polar surface area (TPSA) is 109 Å². The van der Waals surface area contributed by atoms with Crippen molar-refractivity contribution >= 4 is 9.84 Å². The van der Waals surface area contributed by atoms with Gasteiger partial charge >= 0.3 is 11.7 Å². The number of rotatable bonds is 6. The first-order valence-electron chi connectivity index (χ1n) is 9.63. The third-order valence-corrected chi connectivity index (χ3v) is 5.67. The van der Waals surface area contributed by atoms with Crippen LogP contribution >= 0.6 is 0 Å². The molecule has 3 aromatic rings. The minimum absolute atomic E-state index is 0.0152. The molecular formula is C22H21F3N2O5S. The van der Waals surface area contributed by atoms with Crippen molar-refractivity contribution in [3.8, 4) is 28.1 Å². The van der Waals surface area contributed by atoms with E-state index in [2.05, 4.69) is 10.2 Å². The second kappa shape index (κ2) is 8.64. The molecule has 2 N–H and O–H groups in total. The summed E-state index contributed by atoms with van der Waals surface area (Å²) in [6.07, 6.45) is -3.57. The molecule has 0 fully saturated rings. The molecule has 0 saturated carbocycles. The van der Waals surface area contributed by atoms with E-state index in [1.807, 2.05) is 0 Å². The van der Waals surface area contributed by atoms with Gasteiger partial charge in [-0.05, 0) is 43.7 Å². The Morgan fingerprint density at radius 2 is 1.70 bits per heavy atom. The summed E-state index contributed by atoms with van der Waals surface area (Å²) in [6, 6.07) is 9.81. The van der Waals surface area contributed by atoms with E-state index in [4.69, 9.17) is 4.74 Å². The maximum Gasteiger partial charge on any atom is 0.416 e. The molecule has 0 atom stereocenters. The zero-order valence-corrected chi connectivity index (χ0v) is 18.7. The summed E-state index contributed by atoms with van der Waals surface area (Å²) in [5.41, 5.74) is -2.61. The van der Waals surface area contributed by atoms with Gasteiger partial charge in [0.1, 0.15) is 12.3 Å². The van der Waals surface area contributed by atoms with Gasteiger partial charge in [0, 0.05) is 11.8 Å². The molecule has 0 aliphatic heterocycles. The Hall–Kier alpha value is -3.18. The molecular weight excluding hydrogens is 461 g/mol. The molecule has 11 heteroatoms. The highest BCUT2D eigenvalue weighted by Crippen LogP contribution is 2.38. The number of ether oxygens (including phenoxy) is 1. The zero-order chi connectivity index (χ0) is 24.6. The number of aromatic amines is 1. The standard InChI is InChI=1S/C22H21F3N2O5S/c1-21(2,29)12-32-19-17(13-7-9-16(10-8-13)33(3,30)31)18(26-27-20(19)28)14-5-4-6-15(11-14)22(23,24)25/h4-11,29H,12H2,1-3H3,(H,27,28). The summed E-state index contributed by atoms with van der Waals surface area (Å²) in [5.74, 6) is -0.272. The van der Waals surface area contributed by atoms with E-state index in [9.17, 15) is 31.5 Å². The molecule has 1 heterocycles. The van der Waals surface area contributed by atoms with E-state index < -0.39 is 32.7 Å². The lowest BCUT2D eigenvalue weighted by Crippen LogP contribution is -2.30. The Balaban J connectivity index is 2.28. The molecule has 176 valence electrons. The first-order chi connectivity index (χ1) is 15.2. The highest BCUT2D eigenvalue weighted by molar-refractivity contribution is 7.90. The molecule has 0 saturated heterocycles. The lowest BCUT2D eigenvalue weighted by Gasteiger charge is -2.20. The minimum Gasteiger partial charge on any atom is -0.484 e. The van der Waals surface area contributed by atoms with Crippen LogP contribution in [0.15, 0.2) is 58.2 Å². The Morgan fingerprint density at radius 3 is 2.24 bits per heavy atom. The van der Waals surface area contributed by atoms with Crippen LogP contribution in [-0.2, 0) is 16.0 Å². The SMILES string of the molecule is CC(C)(O)COc1c(-c2ccc(S(C)(=O)=O)cc2)c(-c2cccc(C(F)(F)F)c2)n[nH]c1=O. The van der Waals surface area contributed by atoms with Gasteiger partial charge in [0.25, 0.3) is 0 Å². The van der Waals surface area contributed by atoms with Crippen molar-refractivity contribution in [1.29, 1.82) is 0 Å². The molecule has 33 heavy (non-hydrogen) atoms. The van der Waals surface area contributed by atoms with Crippen LogP contribution in [0.2, 0.25) is 0 Å². The van der Waals surface area contributed by atoms with Crippen molar-refractivity contribution in [2.24, 2.45) is 0 Å². The predicted octanol–water partition coefficient (Wildman–Crippen LogP) is 3.68. The fraction of sp³-hybridized carbons (Fsp3) is 0.273. The fourth-order valence-corrected chi connectivity index (χ4v) is 3.64. The average Bonchev–Trinajstić information content (AvgIpc) is 2.71. The molecule has 0 aliphatic carbocycles. The number of halogens is 3. The van der Waals surface area contributed by atoms with E-state index >= 15 is 0 Å². The summed E-state index contributed by atoms with van der Waals surface area (Å²) in [6.45, 7) is 2.61. The van der Waals surface area contributed by atoms with E-state index in [1.54, 1.807) is 0 Å². The van der Waals surface area contributed by atoms with Gasteiger partial charge in [-0.25, -0.2) is 13.5 Å². The number of benzene rings is 2. The quantitative estimate of drug-likeness (QED) is 0.555. The average molecular weight is 482 g/mol. The fourth-order valence-electron chi connectivity index (χ4n) is 3.01. The van der Waals surface area contributed by atoms with Gasteiger partial charge in [-0.15, -0.1) is 0 Å². The van der Waals surface area contributed by atoms with E-state index in [1.165, 1.54) is 50.2 Å². The van der Waals surface area contributed by atoms with Gasteiger partial charge in [0.15, 0.2) is 15.6 Å². The summed E-state index contributed by atoms with van der Waals surface area (Å²) in [5, 5.41) is 16.2. The largest absolute Gasteiger partial charge is 0.484 e. The van der Waals surface area contributed by atoms with Crippen LogP contribution in [-0.4, -0.2) is 42.2 Å². The number of aromatic nitrogens is 2. The molecule has 0 bridgehead atoms. The third-order valence-electron chi connectivity index (χ3n) is 4.54. The molecule has 3 rings (SSSR count). The van der Waals surface area contributed by atoms with Crippen molar-refractivity contribution in [2.75, 3.05) is 12.9 Å². The van der Waals surface area contributed by atoms with Crippen molar-refractivity contribution < 1.29 is 31.4 Å². The molecule has 0 radical (unpaired) electrons. The maximum absolute atomic E-state index is 13.3. The highest BCUT2D eigenvalue weighted by atomic mass is 32.2. The summed E-state index contributed by atoms with van der Waals surface area (Å²) in [7, 11) is -3.51. The number of H-pyrrole nitrogens is 1. The summed E-state index contributed by atoms with van der Waals surface area (Å²) < 4.78 is 69.0. The van der Waals surface area contributed by atoms with Crippen LogP contribution in [0.5, 0.6) is 5.75 Å². The number of sulfone groups is 1. The molecule has 0 aliphatic rings. The van der Waals surface area contributed by atoms with E-state index in [0.717, 1.165) is 18.4 Å². The smallest absolute Gasteiger partial charge is 0.416 e. The van der Waals surface area contributed by atoms with Gasteiger partial charge in [-0.3, -0.25) is 4.79 Å². The second-order valence-corrected chi connectivity index (χ2v) is 10.1. The van der Waals surface area contributed by atoms with Gasteiger partial charge in [-0.2, -0.15) is 18.3 Å². The van der Waals surface area contributed by atoms with Crippen molar-refractivity contribution in [3.05, 3.63) is 64.4 Å². The zero-order valence-electron chi connectivity index (χ0n) is 17.9. The first-order valence-corrected chi connectivity index (χ1v) is 11.5. The van der Waals surface area contributed by atoms with Crippen LogP contribution in [0, 0.1) is 0 Å². The van der Waals surface area contributed by atoms with Crippen molar-refractivity contribution in [2.45, 2.75) is 30.5 Å². The monoisotopic (exact) mass is 482 g/mol. The Bertz CT molecular complexity index is 1330. The molecule has 0 amide bonds. The lowest BCUT2D eigenvalue weighted by molar-refractivity contribution is -0.137. The number of hydrogen-bond donors (Lipinski definition) is 2. The van der Waals surface area contributed by atoms with Gasteiger partial charge in [-0.1, -0.05) is 24.3 Å². The second-order valence-electron chi connectivity index (χ2n) is 8.08. The van der Waals surface area contributed by atoms with Crippen LogP contribution in [0.1, 0.15) is 19.4 Å². The molecule has 1 aromatic heterocycles. The van der Waals surface area contributed by atoms with Crippen molar-refractivity contribution in [3.63, 3.8) is 0 Å². The molecule has 2 aromatic carbocycles.